The summed E-state index contributed by atoms with van der Waals surface area (Å²) in [5.41, 5.74) is 10.1. The molecule has 3 heteroatoms. The number of rotatable bonds is 7. The molecule has 0 bridgehead atoms. The fourth-order valence-electron chi connectivity index (χ4n) is 2.55. The van der Waals surface area contributed by atoms with Gasteiger partial charge in [0.25, 0.3) is 0 Å². The monoisotopic (exact) mass is 264 g/mol. The Morgan fingerprint density at radius 1 is 1.26 bits per heavy atom. The van der Waals surface area contributed by atoms with E-state index < -0.39 is 0 Å². The third-order valence-corrected chi connectivity index (χ3v) is 3.85. The zero-order chi connectivity index (χ0) is 14.4. The summed E-state index contributed by atoms with van der Waals surface area (Å²) >= 11 is 0. The van der Waals surface area contributed by atoms with E-state index in [0.29, 0.717) is 12.6 Å². The van der Waals surface area contributed by atoms with Crippen LogP contribution in [0.1, 0.15) is 36.6 Å². The number of nitrogens with zero attached hydrogens (tertiary/aromatic N) is 1. The Bertz CT molecular complexity index is 390. The zero-order valence-electron chi connectivity index (χ0n) is 12.9. The number of methoxy groups -OCH3 is 1. The lowest BCUT2D eigenvalue weighted by molar-refractivity contribution is 0.0977. The molecule has 0 aliphatic rings. The van der Waals surface area contributed by atoms with Crippen LogP contribution in [-0.2, 0) is 4.74 Å². The molecule has 0 aromatic heterocycles. The molecule has 1 aromatic carbocycles. The molecule has 0 amide bonds. The topological polar surface area (TPSA) is 38.5 Å². The zero-order valence-corrected chi connectivity index (χ0v) is 12.9. The van der Waals surface area contributed by atoms with Crippen molar-refractivity contribution in [3.63, 3.8) is 0 Å². The van der Waals surface area contributed by atoms with Crippen LogP contribution in [0.4, 0.5) is 0 Å². The SMILES string of the molecule is COCCN(C(C)C)C(CN)c1cccc(C)c1C. The Morgan fingerprint density at radius 3 is 2.47 bits per heavy atom. The van der Waals surface area contributed by atoms with Crippen LogP contribution in [-0.4, -0.2) is 37.7 Å². The van der Waals surface area contributed by atoms with Crippen molar-refractivity contribution in [3.8, 4) is 0 Å². The van der Waals surface area contributed by atoms with E-state index in [1.54, 1.807) is 7.11 Å². The minimum atomic E-state index is 0.259. The highest BCUT2D eigenvalue weighted by atomic mass is 16.5. The molecule has 1 unspecified atom stereocenters. The minimum Gasteiger partial charge on any atom is -0.383 e. The van der Waals surface area contributed by atoms with Gasteiger partial charge < -0.3 is 10.5 Å². The van der Waals surface area contributed by atoms with Crippen LogP contribution >= 0.6 is 0 Å². The van der Waals surface area contributed by atoms with Gasteiger partial charge in [-0.2, -0.15) is 0 Å². The highest BCUT2D eigenvalue weighted by Gasteiger charge is 2.23. The van der Waals surface area contributed by atoms with Crippen molar-refractivity contribution in [2.24, 2.45) is 5.73 Å². The van der Waals surface area contributed by atoms with Crippen molar-refractivity contribution in [2.45, 2.75) is 39.8 Å². The highest BCUT2D eigenvalue weighted by molar-refractivity contribution is 5.35. The lowest BCUT2D eigenvalue weighted by Gasteiger charge is -2.35. The summed E-state index contributed by atoms with van der Waals surface area (Å²) in [6, 6.07) is 7.18. The van der Waals surface area contributed by atoms with Crippen LogP contribution in [0.25, 0.3) is 0 Å². The molecule has 0 saturated heterocycles. The molecule has 0 saturated carbocycles. The average Bonchev–Trinajstić information content (AvgIpc) is 2.38. The van der Waals surface area contributed by atoms with Crippen LogP contribution in [0.15, 0.2) is 18.2 Å². The van der Waals surface area contributed by atoms with Crippen molar-refractivity contribution in [1.82, 2.24) is 4.90 Å². The van der Waals surface area contributed by atoms with Gasteiger partial charge in [-0.1, -0.05) is 18.2 Å². The van der Waals surface area contributed by atoms with Crippen LogP contribution in [0.3, 0.4) is 0 Å². The molecule has 0 aliphatic heterocycles. The van der Waals surface area contributed by atoms with Gasteiger partial charge >= 0.3 is 0 Å². The summed E-state index contributed by atoms with van der Waals surface area (Å²) in [7, 11) is 1.74. The molecule has 19 heavy (non-hydrogen) atoms. The maximum absolute atomic E-state index is 6.05. The Balaban J connectivity index is 3.05. The highest BCUT2D eigenvalue weighted by Crippen LogP contribution is 2.26. The Hall–Kier alpha value is -0.900. The van der Waals surface area contributed by atoms with Crippen molar-refractivity contribution >= 4 is 0 Å². The molecule has 1 rings (SSSR count). The van der Waals surface area contributed by atoms with Gasteiger partial charge in [-0.15, -0.1) is 0 Å². The van der Waals surface area contributed by atoms with Crippen LogP contribution in [0, 0.1) is 13.8 Å². The van der Waals surface area contributed by atoms with E-state index in [1.807, 2.05) is 0 Å². The quantitative estimate of drug-likeness (QED) is 0.823. The van der Waals surface area contributed by atoms with Gasteiger partial charge in [0.1, 0.15) is 0 Å². The second kappa shape index (κ2) is 7.63. The number of hydrogen-bond acceptors (Lipinski definition) is 3. The molecule has 0 spiro atoms. The van der Waals surface area contributed by atoms with Gasteiger partial charge in [0.15, 0.2) is 0 Å². The number of nitrogens with two attached hydrogens (primary N) is 1. The average molecular weight is 264 g/mol. The molecule has 3 nitrogen and oxygen atoms in total. The molecule has 0 heterocycles. The third-order valence-electron chi connectivity index (χ3n) is 3.85. The van der Waals surface area contributed by atoms with Crippen molar-refractivity contribution < 1.29 is 4.74 Å². The molecule has 1 atom stereocenters. The Kier molecular flexibility index (Phi) is 6.49. The number of hydrogen-bond donors (Lipinski definition) is 1. The summed E-state index contributed by atoms with van der Waals surface area (Å²) in [5.74, 6) is 0. The van der Waals surface area contributed by atoms with Crippen molar-refractivity contribution in [2.75, 3.05) is 26.8 Å². The Morgan fingerprint density at radius 2 is 1.95 bits per heavy atom. The normalized spacial score (nSPS) is 13.3. The molecule has 108 valence electrons. The first-order valence-electron chi connectivity index (χ1n) is 7.03. The maximum Gasteiger partial charge on any atom is 0.0590 e. The van der Waals surface area contributed by atoms with Gasteiger partial charge in [-0.05, 0) is 44.4 Å². The van der Waals surface area contributed by atoms with E-state index in [2.05, 4.69) is 50.8 Å². The van der Waals surface area contributed by atoms with E-state index in [-0.39, 0.29) is 6.04 Å². The first kappa shape index (κ1) is 16.2. The molecule has 1 aromatic rings. The standard InChI is InChI=1S/C16H28N2O/c1-12(2)18(9-10-19-5)16(11-17)15-8-6-7-13(3)14(15)4/h6-8,12,16H,9-11,17H2,1-5H3. The van der Waals surface area contributed by atoms with Gasteiger partial charge in [0.05, 0.1) is 6.61 Å². The number of ether oxygens (including phenoxy) is 1. The summed E-state index contributed by atoms with van der Waals surface area (Å²) in [6.45, 7) is 11.0. The van der Waals surface area contributed by atoms with Crippen LogP contribution in [0.5, 0.6) is 0 Å². The summed E-state index contributed by atoms with van der Waals surface area (Å²) < 4.78 is 5.22. The fraction of sp³-hybridized carbons (Fsp3) is 0.625. The van der Waals surface area contributed by atoms with E-state index in [0.717, 1.165) is 13.2 Å². The van der Waals surface area contributed by atoms with Crippen molar-refractivity contribution in [3.05, 3.63) is 34.9 Å². The first-order chi connectivity index (χ1) is 9.02. The maximum atomic E-state index is 6.05. The molecule has 0 fully saturated rings. The Labute approximate surface area is 117 Å². The summed E-state index contributed by atoms with van der Waals surface area (Å²) in [5, 5.41) is 0. The molecule has 0 radical (unpaired) electrons. The minimum absolute atomic E-state index is 0.259. The van der Waals surface area contributed by atoms with E-state index >= 15 is 0 Å². The molecule has 0 aliphatic carbocycles. The molecular weight excluding hydrogens is 236 g/mol. The largest absolute Gasteiger partial charge is 0.383 e. The molecule has 2 N–H and O–H groups in total. The second-order valence-electron chi connectivity index (χ2n) is 5.37. The van der Waals surface area contributed by atoms with E-state index in [1.165, 1.54) is 16.7 Å². The summed E-state index contributed by atoms with van der Waals surface area (Å²) in [4.78, 5) is 2.42. The van der Waals surface area contributed by atoms with Crippen LogP contribution < -0.4 is 5.73 Å². The van der Waals surface area contributed by atoms with E-state index in [4.69, 9.17) is 10.5 Å². The smallest absolute Gasteiger partial charge is 0.0590 e. The lowest BCUT2D eigenvalue weighted by atomic mass is 9.95. The summed E-state index contributed by atoms with van der Waals surface area (Å²) in [6.07, 6.45) is 0. The predicted octanol–water partition coefficient (Wildman–Crippen LogP) is 2.66. The van der Waals surface area contributed by atoms with Gasteiger partial charge in [-0.3, -0.25) is 4.90 Å². The predicted molar refractivity (Wildman–Crippen MR) is 81.4 cm³/mol. The number of benzene rings is 1. The lowest BCUT2D eigenvalue weighted by Crippen LogP contribution is -2.41. The first-order valence-corrected chi connectivity index (χ1v) is 7.03. The van der Waals surface area contributed by atoms with E-state index in [9.17, 15) is 0 Å². The van der Waals surface area contributed by atoms with Gasteiger partial charge in [0.2, 0.25) is 0 Å². The third kappa shape index (κ3) is 4.03. The van der Waals surface area contributed by atoms with Crippen LogP contribution in [0.2, 0.25) is 0 Å². The molecular formula is C16H28N2O. The van der Waals surface area contributed by atoms with Gasteiger partial charge in [-0.25, -0.2) is 0 Å². The second-order valence-corrected chi connectivity index (χ2v) is 5.37. The number of aryl methyl sites for hydroxylation is 1. The van der Waals surface area contributed by atoms with Crippen molar-refractivity contribution in [1.29, 1.82) is 0 Å². The fourth-order valence-corrected chi connectivity index (χ4v) is 2.55. The van der Waals surface area contributed by atoms with Gasteiger partial charge in [0, 0.05) is 32.3 Å².